The van der Waals surface area contributed by atoms with Crippen molar-refractivity contribution >= 4 is 16.9 Å². The first-order chi connectivity index (χ1) is 11.7. The fourth-order valence-electron chi connectivity index (χ4n) is 2.74. The second-order valence-electron chi connectivity index (χ2n) is 5.64. The van der Waals surface area contributed by atoms with E-state index >= 15 is 0 Å². The van der Waals surface area contributed by atoms with E-state index < -0.39 is 0 Å². The first-order valence-corrected chi connectivity index (χ1v) is 8.01. The standard InChI is InChI=1S/C18H19N5O/c1-2-3-9-23(10-6-19)18(24)16-11-13(12-22-16)14-4-7-20-17-15(14)5-8-21-17/h4-5,7-8,11-12,22H,2-3,9-10H2,1H3,(H,20,21). The normalized spacial score (nSPS) is 10.7. The van der Waals surface area contributed by atoms with Gasteiger partial charge in [0, 0.05) is 36.1 Å². The van der Waals surface area contributed by atoms with Gasteiger partial charge in [-0.3, -0.25) is 4.79 Å². The predicted octanol–water partition coefficient (Wildman–Crippen LogP) is 3.32. The molecule has 0 aromatic carbocycles. The van der Waals surface area contributed by atoms with Gasteiger partial charge in [-0.05, 0) is 30.2 Å². The summed E-state index contributed by atoms with van der Waals surface area (Å²) >= 11 is 0. The minimum atomic E-state index is -0.143. The molecule has 0 fully saturated rings. The molecule has 3 heterocycles. The Hall–Kier alpha value is -3.07. The van der Waals surface area contributed by atoms with Gasteiger partial charge in [-0.1, -0.05) is 13.3 Å². The lowest BCUT2D eigenvalue weighted by molar-refractivity contribution is 0.0769. The number of carbonyl (C=O) groups excluding carboxylic acids is 1. The van der Waals surface area contributed by atoms with E-state index in [0.29, 0.717) is 12.2 Å². The average molecular weight is 321 g/mol. The van der Waals surface area contributed by atoms with Gasteiger partial charge in [0.05, 0.1) is 6.07 Å². The van der Waals surface area contributed by atoms with Crippen LogP contribution >= 0.6 is 0 Å². The molecule has 3 aromatic heterocycles. The zero-order chi connectivity index (χ0) is 16.9. The largest absolute Gasteiger partial charge is 0.357 e. The van der Waals surface area contributed by atoms with Crippen LogP contribution in [0.15, 0.2) is 36.8 Å². The van der Waals surface area contributed by atoms with Crippen LogP contribution in [0.4, 0.5) is 0 Å². The average Bonchev–Trinajstić information content (AvgIpc) is 3.26. The van der Waals surface area contributed by atoms with Crippen LogP contribution in [0, 0.1) is 11.3 Å². The smallest absolute Gasteiger partial charge is 0.271 e. The molecular weight excluding hydrogens is 302 g/mol. The number of nitrogens with zero attached hydrogens (tertiary/aromatic N) is 3. The van der Waals surface area contributed by atoms with Crippen molar-refractivity contribution in [3.63, 3.8) is 0 Å². The fraction of sp³-hybridized carbons (Fsp3) is 0.278. The van der Waals surface area contributed by atoms with Crippen molar-refractivity contribution < 1.29 is 4.79 Å². The van der Waals surface area contributed by atoms with Gasteiger partial charge in [-0.25, -0.2) is 4.98 Å². The monoisotopic (exact) mass is 321 g/mol. The van der Waals surface area contributed by atoms with E-state index in [1.54, 1.807) is 11.1 Å². The van der Waals surface area contributed by atoms with Gasteiger partial charge in [0.15, 0.2) is 0 Å². The minimum absolute atomic E-state index is 0.102. The van der Waals surface area contributed by atoms with E-state index in [0.717, 1.165) is 35.0 Å². The summed E-state index contributed by atoms with van der Waals surface area (Å²) in [5.41, 5.74) is 3.25. The molecule has 1 amide bonds. The molecule has 6 nitrogen and oxygen atoms in total. The summed E-state index contributed by atoms with van der Waals surface area (Å²) in [4.78, 5) is 24.6. The molecule has 2 N–H and O–H groups in total. The Morgan fingerprint density at radius 1 is 1.38 bits per heavy atom. The van der Waals surface area contributed by atoms with Crippen LogP contribution < -0.4 is 0 Å². The molecule has 0 radical (unpaired) electrons. The molecule has 0 saturated heterocycles. The second-order valence-corrected chi connectivity index (χ2v) is 5.64. The third-order valence-electron chi connectivity index (χ3n) is 4.01. The summed E-state index contributed by atoms with van der Waals surface area (Å²) in [5, 5.41) is 9.95. The van der Waals surface area contributed by atoms with Crippen molar-refractivity contribution in [2.24, 2.45) is 0 Å². The topological polar surface area (TPSA) is 88.6 Å². The van der Waals surface area contributed by atoms with Gasteiger partial charge < -0.3 is 14.9 Å². The molecule has 0 spiro atoms. The molecule has 0 atom stereocenters. The lowest BCUT2D eigenvalue weighted by Gasteiger charge is -2.18. The Morgan fingerprint density at radius 2 is 2.25 bits per heavy atom. The SMILES string of the molecule is CCCCN(CC#N)C(=O)c1cc(-c2ccnc3[nH]ccc23)c[nH]1. The van der Waals surface area contributed by atoms with Crippen LogP contribution in [0.3, 0.4) is 0 Å². The van der Waals surface area contributed by atoms with Crippen molar-refractivity contribution in [2.75, 3.05) is 13.1 Å². The van der Waals surface area contributed by atoms with Crippen LogP contribution in [-0.4, -0.2) is 38.8 Å². The molecule has 122 valence electrons. The third-order valence-corrected chi connectivity index (χ3v) is 4.01. The number of hydrogen-bond donors (Lipinski definition) is 2. The maximum absolute atomic E-state index is 12.6. The molecule has 3 rings (SSSR count). The Bertz CT molecular complexity index is 886. The summed E-state index contributed by atoms with van der Waals surface area (Å²) in [5.74, 6) is -0.143. The molecule has 6 heteroatoms. The van der Waals surface area contributed by atoms with Crippen LogP contribution in [0.25, 0.3) is 22.2 Å². The fourth-order valence-corrected chi connectivity index (χ4v) is 2.74. The molecule has 0 aliphatic rings. The first kappa shape index (κ1) is 15.8. The number of amides is 1. The Balaban J connectivity index is 1.88. The maximum atomic E-state index is 12.6. The summed E-state index contributed by atoms with van der Waals surface area (Å²) in [6.45, 7) is 2.76. The van der Waals surface area contributed by atoms with Crippen molar-refractivity contribution in [3.05, 3.63) is 42.5 Å². The number of aromatic amines is 2. The van der Waals surface area contributed by atoms with Crippen LogP contribution in [0.5, 0.6) is 0 Å². The lowest BCUT2D eigenvalue weighted by atomic mass is 10.1. The quantitative estimate of drug-likeness (QED) is 0.683. The lowest BCUT2D eigenvalue weighted by Crippen LogP contribution is -2.32. The van der Waals surface area contributed by atoms with Crippen LogP contribution in [0.2, 0.25) is 0 Å². The van der Waals surface area contributed by atoms with Crippen LogP contribution in [-0.2, 0) is 0 Å². The number of carbonyl (C=O) groups is 1. The van der Waals surface area contributed by atoms with E-state index in [1.165, 1.54) is 0 Å². The number of unbranched alkanes of at least 4 members (excludes halogenated alkanes) is 1. The Kier molecular flexibility index (Phi) is 4.62. The van der Waals surface area contributed by atoms with Gasteiger partial charge in [0.1, 0.15) is 17.9 Å². The summed E-state index contributed by atoms with van der Waals surface area (Å²) < 4.78 is 0. The van der Waals surface area contributed by atoms with Crippen molar-refractivity contribution in [1.82, 2.24) is 19.9 Å². The highest BCUT2D eigenvalue weighted by Crippen LogP contribution is 2.27. The van der Waals surface area contributed by atoms with Gasteiger partial charge in [0.2, 0.25) is 0 Å². The van der Waals surface area contributed by atoms with Gasteiger partial charge in [-0.2, -0.15) is 5.26 Å². The molecule has 0 aliphatic heterocycles. The molecule has 24 heavy (non-hydrogen) atoms. The zero-order valence-corrected chi connectivity index (χ0v) is 13.5. The molecule has 3 aromatic rings. The van der Waals surface area contributed by atoms with Crippen LogP contribution in [0.1, 0.15) is 30.3 Å². The number of H-pyrrole nitrogens is 2. The molecule has 0 unspecified atom stereocenters. The molecular formula is C18H19N5O. The number of hydrogen-bond acceptors (Lipinski definition) is 3. The van der Waals surface area contributed by atoms with Crippen molar-refractivity contribution in [2.45, 2.75) is 19.8 Å². The molecule has 0 aliphatic carbocycles. The number of nitrogens with one attached hydrogen (secondary N) is 2. The van der Waals surface area contributed by atoms with E-state index in [1.807, 2.05) is 30.6 Å². The maximum Gasteiger partial charge on any atom is 0.271 e. The van der Waals surface area contributed by atoms with Gasteiger partial charge in [0.25, 0.3) is 5.91 Å². The third kappa shape index (κ3) is 3.01. The van der Waals surface area contributed by atoms with Gasteiger partial charge in [-0.15, -0.1) is 0 Å². The second kappa shape index (κ2) is 7.01. The number of rotatable bonds is 6. The summed E-state index contributed by atoms with van der Waals surface area (Å²) in [6, 6.07) is 7.80. The number of fused-ring (bicyclic) bond motifs is 1. The molecule has 0 saturated carbocycles. The minimum Gasteiger partial charge on any atom is -0.357 e. The highest BCUT2D eigenvalue weighted by molar-refractivity contribution is 5.97. The van der Waals surface area contributed by atoms with E-state index in [4.69, 9.17) is 5.26 Å². The Morgan fingerprint density at radius 3 is 3.04 bits per heavy atom. The van der Waals surface area contributed by atoms with E-state index in [9.17, 15) is 4.79 Å². The number of aromatic nitrogens is 3. The zero-order valence-electron chi connectivity index (χ0n) is 13.5. The predicted molar refractivity (Wildman–Crippen MR) is 92.3 cm³/mol. The highest BCUT2D eigenvalue weighted by Gasteiger charge is 2.17. The first-order valence-electron chi connectivity index (χ1n) is 8.01. The Labute approximate surface area is 140 Å². The summed E-state index contributed by atoms with van der Waals surface area (Å²) in [6.07, 6.45) is 7.27. The number of nitriles is 1. The van der Waals surface area contributed by atoms with Gasteiger partial charge >= 0.3 is 0 Å². The van der Waals surface area contributed by atoms with Crippen molar-refractivity contribution in [1.29, 1.82) is 5.26 Å². The molecule has 0 bridgehead atoms. The van der Waals surface area contributed by atoms with E-state index in [-0.39, 0.29) is 12.5 Å². The van der Waals surface area contributed by atoms with E-state index in [2.05, 4.69) is 27.9 Å². The van der Waals surface area contributed by atoms with Crippen molar-refractivity contribution in [3.8, 4) is 17.2 Å². The highest BCUT2D eigenvalue weighted by atomic mass is 16.2. The number of pyridine rings is 1. The summed E-state index contributed by atoms with van der Waals surface area (Å²) in [7, 11) is 0.